The molecule has 1 saturated carbocycles. The molecule has 2 amide bonds. The van der Waals surface area contributed by atoms with Crippen molar-refractivity contribution in [1.29, 1.82) is 0 Å². The van der Waals surface area contributed by atoms with E-state index in [0.29, 0.717) is 0 Å². The summed E-state index contributed by atoms with van der Waals surface area (Å²) in [6.07, 6.45) is 10.3. The highest BCUT2D eigenvalue weighted by Gasteiger charge is 2.21. The summed E-state index contributed by atoms with van der Waals surface area (Å²) in [5.41, 5.74) is 0. The van der Waals surface area contributed by atoms with E-state index in [-0.39, 0.29) is 6.03 Å². The normalized spacial score (nSPS) is 26.3. The lowest BCUT2D eigenvalue weighted by Gasteiger charge is -2.34. The largest absolute Gasteiger partial charge is 0.338 e. The lowest BCUT2D eigenvalue weighted by Crippen LogP contribution is -2.39. The third-order valence-corrected chi connectivity index (χ3v) is 5.44. The molecule has 2 N–H and O–H groups in total. The van der Waals surface area contributed by atoms with Crippen molar-refractivity contribution in [2.45, 2.75) is 65.2 Å². The van der Waals surface area contributed by atoms with Crippen molar-refractivity contribution in [3.8, 4) is 0 Å². The van der Waals surface area contributed by atoms with Gasteiger partial charge in [-0.05, 0) is 50.0 Å². The van der Waals surface area contributed by atoms with E-state index in [1.54, 1.807) is 0 Å². The van der Waals surface area contributed by atoms with E-state index in [4.69, 9.17) is 0 Å². The molecule has 1 aliphatic heterocycles. The van der Waals surface area contributed by atoms with Crippen LogP contribution in [0.15, 0.2) is 0 Å². The lowest BCUT2D eigenvalue weighted by molar-refractivity contribution is 0.139. The van der Waals surface area contributed by atoms with Gasteiger partial charge in [-0.25, -0.2) is 4.79 Å². The van der Waals surface area contributed by atoms with Crippen LogP contribution in [0.5, 0.6) is 0 Å². The van der Waals surface area contributed by atoms with E-state index >= 15 is 0 Å². The van der Waals surface area contributed by atoms with Crippen LogP contribution in [-0.4, -0.2) is 43.7 Å². The smallest absolute Gasteiger partial charge is 0.314 e. The highest BCUT2D eigenvalue weighted by atomic mass is 16.2. The van der Waals surface area contributed by atoms with Crippen molar-refractivity contribution in [2.75, 3.05) is 32.7 Å². The molecule has 23 heavy (non-hydrogen) atoms. The number of urea groups is 1. The number of carbonyl (C=O) groups is 1. The molecule has 1 aliphatic carbocycles. The van der Waals surface area contributed by atoms with Crippen molar-refractivity contribution in [3.63, 3.8) is 0 Å². The van der Waals surface area contributed by atoms with E-state index in [0.717, 1.165) is 43.7 Å². The lowest BCUT2D eigenvalue weighted by atomic mass is 9.92. The SMILES string of the molecule is CC1CC(C)CN(CCCCNC(=O)NCCC2CCCC2)C1. The van der Waals surface area contributed by atoms with Gasteiger partial charge < -0.3 is 15.5 Å². The average Bonchev–Trinajstić information content (AvgIpc) is 2.99. The van der Waals surface area contributed by atoms with Crippen molar-refractivity contribution < 1.29 is 4.79 Å². The van der Waals surface area contributed by atoms with E-state index in [1.807, 2.05) is 0 Å². The molecule has 2 rings (SSSR count). The van der Waals surface area contributed by atoms with Gasteiger partial charge in [-0.2, -0.15) is 0 Å². The monoisotopic (exact) mass is 323 g/mol. The van der Waals surface area contributed by atoms with Gasteiger partial charge in [0.05, 0.1) is 0 Å². The first-order chi connectivity index (χ1) is 11.1. The van der Waals surface area contributed by atoms with Crippen LogP contribution in [0, 0.1) is 17.8 Å². The fraction of sp³-hybridized carbons (Fsp3) is 0.947. The summed E-state index contributed by atoms with van der Waals surface area (Å²) >= 11 is 0. The highest BCUT2D eigenvalue weighted by molar-refractivity contribution is 5.73. The van der Waals surface area contributed by atoms with Gasteiger partial charge in [0.25, 0.3) is 0 Å². The van der Waals surface area contributed by atoms with Crippen LogP contribution in [0.25, 0.3) is 0 Å². The number of piperidine rings is 1. The number of unbranched alkanes of at least 4 members (excludes halogenated alkanes) is 1. The number of nitrogens with zero attached hydrogens (tertiary/aromatic N) is 1. The number of likely N-dealkylation sites (tertiary alicyclic amines) is 1. The molecule has 1 saturated heterocycles. The summed E-state index contributed by atoms with van der Waals surface area (Å²) in [6.45, 7) is 10.0. The predicted molar refractivity (Wildman–Crippen MR) is 96.6 cm³/mol. The highest BCUT2D eigenvalue weighted by Crippen LogP contribution is 2.26. The van der Waals surface area contributed by atoms with Gasteiger partial charge >= 0.3 is 6.03 Å². The van der Waals surface area contributed by atoms with Crippen LogP contribution in [0.3, 0.4) is 0 Å². The average molecular weight is 324 g/mol. The molecule has 4 nitrogen and oxygen atoms in total. The van der Waals surface area contributed by atoms with Gasteiger partial charge in [-0.1, -0.05) is 39.5 Å². The first kappa shape index (κ1) is 18.6. The molecule has 0 bridgehead atoms. The summed E-state index contributed by atoms with van der Waals surface area (Å²) in [6, 6.07) is 0.0169. The maximum atomic E-state index is 11.7. The molecule has 2 atom stereocenters. The zero-order chi connectivity index (χ0) is 16.5. The molecule has 2 aliphatic rings. The second kappa shape index (κ2) is 10.2. The molecule has 2 unspecified atom stereocenters. The van der Waals surface area contributed by atoms with E-state index < -0.39 is 0 Å². The van der Waals surface area contributed by atoms with Crippen LogP contribution in [0.4, 0.5) is 4.79 Å². The molecule has 0 spiro atoms. The Hall–Kier alpha value is -0.770. The van der Waals surface area contributed by atoms with Crippen LogP contribution in [0.2, 0.25) is 0 Å². The van der Waals surface area contributed by atoms with Gasteiger partial charge in [-0.3, -0.25) is 0 Å². The van der Waals surface area contributed by atoms with Crippen molar-refractivity contribution in [1.82, 2.24) is 15.5 Å². The number of amides is 2. The van der Waals surface area contributed by atoms with E-state index in [1.165, 1.54) is 58.2 Å². The predicted octanol–water partition coefficient (Wildman–Crippen LogP) is 3.62. The summed E-state index contributed by atoms with van der Waals surface area (Å²) in [4.78, 5) is 14.3. The summed E-state index contributed by atoms with van der Waals surface area (Å²) < 4.78 is 0. The maximum absolute atomic E-state index is 11.7. The molecule has 0 aromatic carbocycles. The van der Waals surface area contributed by atoms with Crippen LogP contribution < -0.4 is 10.6 Å². The van der Waals surface area contributed by atoms with Crippen molar-refractivity contribution in [2.24, 2.45) is 17.8 Å². The molecular formula is C19H37N3O. The first-order valence-electron chi connectivity index (χ1n) is 9.87. The second-order valence-electron chi connectivity index (χ2n) is 8.03. The van der Waals surface area contributed by atoms with Crippen molar-refractivity contribution >= 4 is 6.03 Å². The van der Waals surface area contributed by atoms with Gasteiger partial charge in [0.1, 0.15) is 0 Å². The topological polar surface area (TPSA) is 44.4 Å². The Morgan fingerprint density at radius 3 is 2.35 bits per heavy atom. The Kier molecular flexibility index (Phi) is 8.21. The first-order valence-corrected chi connectivity index (χ1v) is 9.87. The van der Waals surface area contributed by atoms with Crippen LogP contribution in [-0.2, 0) is 0 Å². The molecule has 2 fully saturated rings. The van der Waals surface area contributed by atoms with E-state index in [9.17, 15) is 4.79 Å². The van der Waals surface area contributed by atoms with Gasteiger partial charge in [-0.15, -0.1) is 0 Å². The standard InChI is InChI=1S/C19H37N3O/c1-16-13-17(2)15-22(14-16)12-6-5-10-20-19(23)21-11-9-18-7-3-4-8-18/h16-18H,3-15H2,1-2H3,(H2,20,21,23). The summed E-state index contributed by atoms with van der Waals surface area (Å²) in [5, 5.41) is 6.00. The Morgan fingerprint density at radius 1 is 1.00 bits per heavy atom. The molecule has 0 aromatic rings. The zero-order valence-corrected chi connectivity index (χ0v) is 15.3. The molecule has 0 radical (unpaired) electrons. The Labute approximate surface area is 142 Å². The number of nitrogens with one attached hydrogen (secondary N) is 2. The van der Waals surface area contributed by atoms with Gasteiger partial charge in [0.2, 0.25) is 0 Å². The minimum atomic E-state index is 0.0169. The molecule has 4 heteroatoms. The minimum Gasteiger partial charge on any atom is -0.338 e. The summed E-state index contributed by atoms with van der Waals surface area (Å²) in [7, 11) is 0. The Balaban J connectivity index is 1.42. The molecular weight excluding hydrogens is 286 g/mol. The molecule has 0 aromatic heterocycles. The van der Waals surface area contributed by atoms with Gasteiger partial charge in [0, 0.05) is 26.2 Å². The number of hydrogen-bond donors (Lipinski definition) is 2. The van der Waals surface area contributed by atoms with Gasteiger partial charge in [0.15, 0.2) is 0 Å². The van der Waals surface area contributed by atoms with Crippen molar-refractivity contribution in [3.05, 3.63) is 0 Å². The number of carbonyl (C=O) groups excluding carboxylic acids is 1. The second-order valence-corrected chi connectivity index (χ2v) is 8.03. The Bertz CT molecular complexity index is 332. The van der Waals surface area contributed by atoms with Crippen LogP contribution >= 0.6 is 0 Å². The quantitative estimate of drug-likeness (QED) is 0.670. The molecule has 1 heterocycles. The Morgan fingerprint density at radius 2 is 1.65 bits per heavy atom. The third kappa shape index (κ3) is 7.56. The minimum absolute atomic E-state index is 0.0169. The fourth-order valence-electron chi connectivity index (χ4n) is 4.39. The van der Waals surface area contributed by atoms with Crippen LogP contribution in [0.1, 0.15) is 65.2 Å². The maximum Gasteiger partial charge on any atom is 0.314 e. The number of hydrogen-bond acceptors (Lipinski definition) is 2. The molecule has 134 valence electrons. The third-order valence-electron chi connectivity index (χ3n) is 5.44. The van der Waals surface area contributed by atoms with E-state index in [2.05, 4.69) is 29.4 Å². The number of rotatable bonds is 8. The fourth-order valence-corrected chi connectivity index (χ4v) is 4.39. The zero-order valence-electron chi connectivity index (χ0n) is 15.3. The summed E-state index contributed by atoms with van der Waals surface area (Å²) in [5.74, 6) is 2.52.